The summed E-state index contributed by atoms with van der Waals surface area (Å²) >= 11 is 0. The van der Waals surface area contributed by atoms with E-state index >= 15 is 0 Å². The molecule has 1 saturated heterocycles. The Morgan fingerprint density at radius 3 is 2.24 bits per heavy atom. The highest BCUT2D eigenvalue weighted by atomic mass is 32.2. The van der Waals surface area contributed by atoms with Crippen LogP contribution in [0.2, 0.25) is 0 Å². The Balaban J connectivity index is 1.97. The summed E-state index contributed by atoms with van der Waals surface area (Å²) in [7, 11) is -3.64. The van der Waals surface area contributed by atoms with Crippen LogP contribution in [0, 0.1) is 11.8 Å². The van der Waals surface area contributed by atoms with Crippen LogP contribution in [0.4, 0.5) is 4.79 Å². The fourth-order valence-electron chi connectivity index (χ4n) is 3.30. The first-order valence-electron chi connectivity index (χ1n) is 9.48. The molecule has 160 valence electrons. The summed E-state index contributed by atoms with van der Waals surface area (Å²) in [6.07, 6.45) is 0.991. The fourth-order valence-corrected chi connectivity index (χ4v) is 4.98. The summed E-state index contributed by atoms with van der Waals surface area (Å²) in [6, 6.07) is 4.71. The number of hydrogen-bond donors (Lipinski definition) is 2. The molecule has 0 bridgehead atoms. The topological polar surface area (TPSA) is 122 Å². The molecule has 1 aliphatic heterocycles. The van der Waals surface area contributed by atoms with E-state index in [0.717, 1.165) is 6.42 Å². The van der Waals surface area contributed by atoms with Gasteiger partial charge in [0.2, 0.25) is 10.0 Å². The lowest BCUT2D eigenvalue weighted by atomic mass is 9.94. The number of carbonyl (C=O) groups is 3. The molecule has 1 aromatic rings. The zero-order valence-corrected chi connectivity index (χ0v) is 17.6. The number of nitrogens with zero attached hydrogens (tertiary/aromatic N) is 1. The lowest BCUT2D eigenvalue weighted by Crippen LogP contribution is -2.42. The van der Waals surface area contributed by atoms with Gasteiger partial charge in [-0.25, -0.2) is 18.0 Å². The molecule has 10 heteroatoms. The number of ether oxygens (including phenoxy) is 1. The van der Waals surface area contributed by atoms with E-state index in [4.69, 9.17) is 4.74 Å². The average molecular weight is 426 g/mol. The van der Waals surface area contributed by atoms with Crippen molar-refractivity contribution in [3.63, 3.8) is 0 Å². The van der Waals surface area contributed by atoms with Crippen molar-refractivity contribution in [2.45, 2.75) is 32.1 Å². The van der Waals surface area contributed by atoms with Crippen molar-refractivity contribution in [3.8, 4) is 0 Å². The van der Waals surface area contributed by atoms with E-state index in [9.17, 15) is 22.8 Å². The maximum absolute atomic E-state index is 12.8. The van der Waals surface area contributed by atoms with E-state index in [-0.39, 0.29) is 22.3 Å². The van der Waals surface area contributed by atoms with E-state index in [0.29, 0.717) is 19.6 Å². The molecule has 0 saturated carbocycles. The Morgan fingerprint density at radius 1 is 1.10 bits per heavy atom. The highest BCUT2D eigenvalue weighted by Crippen LogP contribution is 2.26. The van der Waals surface area contributed by atoms with Crippen LogP contribution in [-0.4, -0.2) is 56.9 Å². The molecule has 0 spiro atoms. The number of hydrogen-bond acceptors (Lipinski definition) is 6. The van der Waals surface area contributed by atoms with Crippen LogP contribution in [0.25, 0.3) is 0 Å². The first-order valence-corrected chi connectivity index (χ1v) is 10.9. The average Bonchev–Trinajstić information content (AvgIpc) is 2.65. The molecule has 0 unspecified atom stereocenters. The minimum atomic E-state index is -3.64. The van der Waals surface area contributed by atoms with E-state index in [2.05, 4.69) is 5.32 Å². The maximum atomic E-state index is 12.8. The van der Waals surface area contributed by atoms with Crippen LogP contribution in [0.15, 0.2) is 29.2 Å². The van der Waals surface area contributed by atoms with Crippen LogP contribution in [-0.2, 0) is 19.6 Å². The van der Waals surface area contributed by atoms with Crippen LogP contribution in [0.3, 0.4) is 0 Å². The van der Waals surface area contributed by atoms with Gasteiger partial charge in [-0.2, -0.15) is 4.31 Å². The van der Waals surface area contributed by atoms with Crippen molar-refractivity contribution in [2.75, 3.05) is 26.2 Å². The lowest BCUT2D eigenvalue weighted by Gasteiger charge is -2.34. The third kappa shape index (κ3) is 6.26. The third-order valence-corrected chi connectivity index (χ3v) is 6.33. The van der Waals surface area contributed by atoms with Gasteiger partial charge in [0, 0.05) is 19.6 Å². The maximum Gasteiger partial charge on any atom is 0.338 e. The molecule has 0 aromatic heterocycles. The summed E-state index contributed by atoms with van der Waals surface area (Å²) in [5.74, 6) is -0.987. The predicted octanol–water partition coefficient (Wildman–Crippen LogP) is 1.36. The van der Waals surface area contributed by atoms with Gasteiger partial charge in [0.1, 0.15) is 0 Å². The molecule has 2 rings (SSSR count). The van der Waals surface area contributed by atoms with E-state index in [1.54, 1.807) is 6.92 Å². The molecule has 2 atom stereocenters. The molecular weight excluding hydrogens is 398 g/mol. The normalized spacial score (nSPS) is 20.0. The van der Waals surface area contributed by atoms with E-state index < -0.39 is 34.5 Å². The molecule has 29 heavy (non-hydrogen) atoms. The molecule has 0 radical (unpaired) electrons. The van der Waals surface area contributed by atoms with Crippen LogP contribution >= 0.6 is 0 Å². The number of amides is 3. The molecule has 9 nitrogen and oxygen atoms in total. The molecule has 1 fully saturated rings. The molecule has 0 aliphatic carbocycles. The molecule has 1 aromatic carbocycles. The Bertz CT molecular complexity index is 843. The van der Waals surface area contributed by atoms with Gasteiger partial charge in [-0.15, -0.1) is 0 Å². The minimum absolute atomic E-state index is 0.101. The second kappa shape index (κ2) is 9.84. The SMILES string of the molecule is CCNC(=O)NC(=O)COC(=O)c1ccc(S(=O)(=O)N2C[C@@H](C)C[C@H](C)C2)cc1. The quantitative estimate of drug-likeness (QED) is 0.664. The van der Waals surface area contributed by atoms with Gasteiger partial charge in [-0.1, -0.05) is 13.8 Å². The van der Waals surface area contributed by atoms with Crippen molar-refractivity contribution < 1.29 is 27.5 Å². The van der Waals surface area contributed by atoms with Crippen molar-refractivity contribution in [1.29, 1.82) is 0 Å². The molecule has 3 amide bonds. The Morgan fingerprint density at radius 2 is 1.69 bits per heavy atom. The molecule has 1 heterocycles. The first-order chi connectivity index (χ1) is 13.6. The van der Waals surface area contributed by atoms with Crippen LogP contribution < -0.4 is 10.6 Å². The zero-order valence-electron chi connectivity index (χ0n) is 16.8. The molecule has 1 aliphatic rings. The number of imide groups is 1. The number of carbonyl (C=O) groups excluding carboxylic acids is 3. The first kappa shape index (κ1) is 22.8. The van der Waals surface area contributed by atoms with E-state index in [1.807, 2.05) is 19.2 Å². The van der Waals surface area contributed by atoms with Gasteiger partial charge in [0.25, 0.3) is 5.91 Å². The van der Waals surface area contributed by atoms with Gasteiger partial charge < -0.3 is 10.1 Å². The zero-order chi connectivity index (χ0) is 21.6. The van der Waals surface area contributed by atoms with Gasteiger partial charge in [0.05, 0.1) is 10.5 Å². The molecular formula is C19H27N3O6S. The summed E-state index contributed by atoms with van der Waals surface area (Å²) in [6.45, 7) is 6.41. The number of rotatable bonds is 6. The predicted molar refractivity (Wildman–Crippen MR) is 106 cm³/mol. The summed E-state index contributed by atoms with van der Waals surface area (Å²) in [4.78, 5) is 34.9. The largest absolute Gasteiger partial charge is 0.452 e. The second-order valence-corrected chi connectivity index (χ2v) is 9.21. The Labute approximate surface area is 170 Å². The Hall–Kier alpha value is -2.46. The number of esters is 1. The van der Waals surface area contributed by atoms with Gasteiger partial charge in [-0.05, 0) is 49.4 Å². The van der Waals surface area contributed by atoms with Crippen molar-refractivity contribution in [3.05, 3.63) is 29.8 Å². The molecule has 2 N–H and O–H groups in total. The second-order valence-electron chi connectivity index (χ2n) is 7.28. The van der Waals surface area contributed by atoms with Crippen LogP contribution in [0.5, 0.6) is 0 Å². The lowest BCUT2D eigenvalue weighted by molar-refractivity contribution is -0.123. The number of sulfonamides is 1. The summed E-state index contributed by atoms with van der Waals surface area (Å²) in [5.41, 5.74) is 0.107. The van der Waals surface area contributed by atoms with Gasteiger partial charge >= 0.3 is 12.0 Å². The van der Waals surface area contributed by atoms with Crippen molar-refractivity contribution >= 4 is 27.9 Å². The van der Waals surface area contributed by atoms with Crippen molar-refractivity contribution in [2.24, 2.45) is 11.8 Å². The van der Waals surface area contributed by atoms with Crippen molar-refractivity contribution in [1.82, 2.24) is 14.9 Å². The third-order valence-electron chi connectivity index (χ3n) is 4.49. The van der Waals surface area contributed by atoms with E-state index in [1.165, 1.54) is 28.6 Å². The number of piperidine rings is 1. The monoisotopic (exact) mass is 425 g/mol. The number of benzene rings is 1. The Kier molecular flexibility index (Phi) is 7.74. The highest BCUT2D eigenvalue weighted by Gasteiger charge is 2.31. The fraction of sp³-hybridized carbons (Fsp3) is 0.526. The number of urea groups is 1. The minimum Gasteiger partial charge on any atom is -0.452 e. The number of nitrogens with one attached hydrogen (secondary N) is 2. The summed E-state index contributed by atoms with van der Waals surface area (Å²) in [5, 5.41) is 4.39. The van der Waals surface area contributed by atoms with Gasteiger partial charge in [-0.3, -0.25) is 10.1 Å². The van der Waals surface area contributed by atoms with Gasteiger partial charge in [0.15, 0.2) is 6.61 Å². The van der Waals surface area contributed by atoms with Crippen LogP contribution in [0.1, 0.15) is 37.6 Å². The summed E-state index contributed by atoms with van der Waals surface area (Å²) < 4.78 is 32.0. The smallest absolute Gasteiger partial charge is 0.338 e. The standard InChI is InChI=1S/C19H27N3O6S/c1-4-20-19(25)21-17(23)12-28-18(24)15-5-7-16(8-6-15)29(26,27)22-10-13(2)9-14(3)11-22/h5-8,13-14H,4,9-12H2,1-3H3,(H2,20,21,23,25)/t13-,14-/m0/s1. The highest BCUT2D eigenvalue weighted by molar-refractivity contribution is 7.89.